The second-order valence-electron chi connectivity index (χ2n) is 2.78. The van der Waals surface area contributed by atoms with E-state index in [0.717, 1.165) is 11.6 Å². The van der Waals surface area contributed by atoms with Gasteiger partial charge in [-0.05, 0) is 11.6 Å². The van der Waals surface area contributed by atoms with E-state index in [1.54, 1.807) is 30.3 Å². The van der Waals surface area contributed by atoms with Gasteiger partial charge in [-0.1, -0.05) is 54.1 Å². The quantitative estimate of drug-likeness (QED) is 0.664. The molecule has 0 spiro atoms. The van der Waals surface area contributed by atoms with Crippen molar-refractivity contribution >= 4 is 17.7 Å². The average Bonchev–Trinajstić information content (AvgIpc) is 2.18. The zero-order chi connectivity index (χ0) is 11.3. The first-order valence-electron chi connectivity index (χ1n) is 4.16. The molecule has 0 radical (unpaired) electrons. The molecule has 0 heterocycles. The minimum absolute atomic E-state index is 0.820. The van der Waals surface area contributed by atoms with Crippen LogP contribution in [-0.2, 0) is 0 Å². The number of allylic oxidation sites excluding steroid dienone is 3. The normalized spacial score (nSPS) is 13.5. The van der Waals surface area contributed by atoms with E-state index in [4.69, 9.17) is 11.6 Å². The molecule has 0 saturated heterocycles. The summed E-state index contributed by atoms with van der Waals surface area (Å²) >= 11 is 5.01. The van der Waals surface area contributed by atoms with Gasteiger partial charge in [-0.2, -0.15) is 13.2 Å². The highest BCUT2D eigenvalue weighted by Crippen LogP contribution is 2.28. The lowest BCUT2D eigenvalue weighted by Crippen LogP contribution is -2.06. The Balaban J connectivity index is 2.69. The number of hydrogen-bond donors (Lipinski definition) is 0. The number of halogens is 4. The molecule has 1 aromatic rings. The van der Waals surface area contributed by atoms with Crippen molar-refractivity contribution in [2.45, 2.75) is 6.18 Å². The van der Waals surface area contributed by atoms with E-state index in [1.807, 2.05) is 6.07 Å². The van der Waals surface area contributed by atoms with Crippen LogP contribution in [-0.4, -0.2) is 6.18 Å². The largest absolute Gasteiger partial charge is 0.426 e. The fraction of sp³-hybridized carbons (Fsp3) is 0.0909. The molecule has 15 heavy (non-hydrogen) atoms. The molecule has 80 valence electrons. The molecule has 0 aromatic heterocycles. The van der Waals surface area contributed by atoms with Crippen LogP contribution in [0, 0.1) is 0 Å². The van der Waals surface area contributed by atoms with Crippen molar-refractivity contribution < 1.29 is 13.2 Å². The summed E-state index contributed by atoms with van der Waals surface area (Å²) in [6.45, 7) is 0. The smallest absolute Gasteiger partial charge is 0.165 e. The predicted molar refractivity (Wildman–Crippen MR) is 55.5 cm³/mol. The fourth-order valence-electron chi connectivity index (χ4n) is 0.902. The van der Waals surface area contributed by atoms with Crippen LogP contribution in [0.25, 0.3) is 6.08 Å². The maximum Gasteiger partial charge on any atom is 0.426 e. The predicted octanol–water partition coefficient (Wildman–Crippen LogP) is 4.38. The number of hydrogen-bond acceptors (Lipinski definition) is 0. The highest BCUT2D eigenvalue weighted by Gasteiger charge is 2.31. The first-order chi connectivity index (χ1) is 7.00. The maximum absolute atomic E-state index is 11.9. The molecule has 0 unspecified atom stereocenters. The van der Waals surface area contributed by atoms with Gasteiger partial charge in [0.2, 0.25) is 0 Å². The summed E-state index contributed by atoms with van der Waals surface area (Å²) in [6, 6.07) is 9.00. The van der Waals surface area contributed by atoms with Crippen molar-refractivity contribution in [2.24, 2.45) is 0 Å². The van der Waals surface area contributed by atoms with Gasteiger partial charge in [0.05, 0.1) is 0 Å². The van der Waals surface area contributed by atoms with Crippen LogP contribution in [0.1, 0.15) is 5.56 Å². The molecule has 1 rings (SSSR count). The Hall–Kier alpha value is -1.22. The minimum Gasteiger partial charge on any atom is -0.165 e. The summed E-state index contributed by atoms with van der Waals surface area (Å²) in [5.41, 5.74) is 0.820. The summed E-state index contributed by atoms with van der Waals surface area (Å²) in [5, 5.41) is -1.13. The van der Waals surface area contributed by atoms with Gasteiger partial charge in [0.25, 0.3) is 0 Å². The molecule has 4 heteroatoms. The van der Waals surface area contributed by atoms with Gasteiger partial charge in [-0.25, -0.2) is 0 Å². The first-order valence-corrected chi connectivity index (χ1v) is 4.54. The Morgan fingerprint density at radius 2 is 1.73 bits per heavy atom. The Morgan fingerprint density at radius 3 is 2.27 bits per heavy atom. The van der Waals surface area contributed by atoms with E-state index in [1.165, 1.54) is 6.08 Å². The molecule has 0 N–H and O–H groups in total. The summed E-state index contributed by atoms with van der Waals surface area (Å²) in [6.07, 6.45) is -0.823. The SMILES string of the molecule is FC(F)(F)/C(Cl)=C/C=C/c1ccccc1. The van der Waals surface area contributed by atoms with Crippen LogP contribution in [0.15, 0.2) is 47.5 Å². The second kappa shape index (κ2) is 5.03. The molecular formula is C11H8ClF3. The van der Waals surface area contributed by atoms with Crippen molar-refractivity contribution in [2.75, 3.05) is 0 Å². The van der Waals surface area contributed by atoms with Crippen molar-refractivity contribution in [3.05, 3.63) is 53.1 Å². The minimum atomic E-state index is -4.47. The van der Waals surface area contributed by atoms with Gasteiger partial charge in [-0.3, -0.25) is 0 Å². The van der Waals surface area contributed by atoms with E-state index < -0.39 is 11.2 Å². The van der Waals surface area contributed by atoms with Crippen molar-refractivity contribution in [1.29, 1.82) is 0 Å². The summed E-state index contributed by atoms with van der Waals surface area (Å²) < 4.78 is 35.8. The van der Waals surface area contributed by atoms with E-state index >= 15 is 0 Å². The van der Waals surface area contributed by atoms with E-state index in [2.05, 4.69) is 0 Å². The lowest BCUT2D eigenvalue weighted by molar-refractivity contribution is -0.0844. The van der Waals surface area contributed by atoms with E-state index in [0.29, 0.717) is 0 Å². The standard InChI is InChI=1S/C11H8ClF3/c12-10(11(13,14)15)8-4-7-9-5-2-1-3-6-9/h1-8H/b7-4+,10-8-. The third-order valence-electron chi connectivity index (χ3n) is 1.60. The number of alkyl halides is 3. The average molecular weight is 233 g/mol. The monoisotopic (exact) mass is 232 g/mol. The Morgan fingerprint density at radius 1 is 1.13 bits per heavy atom. The van der Waals surface area contributed by atoms with Gasteiger partial charge in [0.1, 0.15) is 5.03 Å². The number of benzene rings is 1. The third kappa shape index (κ3) is 4.21. The molecule has 0 saturated carbocycles. The summed E-state index contributed by atoms with van der Waals surface area (Å²) in [4.78, 5) is 0. The van der Waals surface area contributed by atoms with Crippen LogP contribution in [0.5, 0.6) is 0 Å². The lowest BCUT2D eigenvalue weighted by atomic mass is 10.2. The van der Waals surface area contributed by atoms with E-state index in [9.17, 15) is 13.2 Å². The molecule has 0 fully saturated rings. The zero-order valence-corrected chi connectivity index (χ0v) is 8.39. The molecule has 1 aromatic carbocycles. The Kier molecular flexibility index (Phi) is 3.97. The van der Waals surface area contributed by atoms with Crippen LogP contribution in [0.4, 0.5) is 13.2 Å². The maximum atomic E-state index is 11.9. The van der Waals surface area contributed by atoms with Crippen LogP contribution < -0.4 is 0 Å². The van der Waals surface area contributed by atoms with Gasteiger partial charge < -0.3 is 0 Å². The Bertz CT molecular complexity index is 363. The van der Waals surface area contributed by atoms with Gasteiger partial charge in [0, 0.05) is 0 Å². The third-order valence-corrected chi connectivity index (χ3v) is 1.94. The molecule has 0 aliphatic carbocycles. The van der Waals surface area contributed by atoms with Gasteiger partial charge >= 0.3 is 6.18 Å². The van der Waals surface area contributed by atoms with Crippen LogP contribution in [0.2, 0.25) is 0 Å². The zero-order valence-electron chi connectivity index (χ0n) is 7.63. The van der Waals surface area contributed by atoms with Crippen molar-refractivity contribution in [3.63, 3.8) is 0 Å². The second-order valence-corrected chi connectivity index (χ2v) is 3.19. The lowest BCUT2D eigenvalue weighted by Gasteiger charge is -2.01. The molecule has 0 aliphatic heterocycles. The first kappa shape index (κ1) is 11.9. The molecule has 0 aliphatic rings. The summed E-state index contributed by atoms with van der Waals surface area (Å²) in [7, 11) is 0. The van der Waals surface area contributed by atoms with Crippen LogP contribution >= 0.6 is 11.6 Å². The highest BCUT2D eigenvalue weighted by molar-refractivity contribution is 6.30. The highest BCUT2D eigenvalue weighted by atomic mass is 35.5. The molecule has 0 atom stereocenters. The molecule has 0 bridgehead atoms. The van der Waals surface area contributed by atoms with E-state index in [-0.39, 0.29) is 0 Å². The van der Waals surface area contributed by atoms with Gasteiger partial charge in [0.15, 0.2) is 0 Å². The molecular weight excluding hydrogens is 225 g/mol. The Labute approximate surface area is 90.7 Å². The van der Waals surface area contributed by atoms with Crippen LogP contribution in [0.3, 0.4) is 0 Å². The number of rotatable bonds is 2. The fourth-order valence-corrected chi connectivity index (χ4v) is 0.975. The van der Waals surface area contributed by atoms with Crippen molar-refractivity contribution in [3.8, 4) is 0 Å². The molecule has 0 nitrogen and oxygen atoms in total. The topological polar surface area (TPSA) is 0 Å². The van der Waals surface area contributed by atoms with Crippen molar-refractivity contribution in [1.82, 2.24) is 0 Å². The summed E-state index contributed by atoms with van der Waals surface area (Å²) in [5.74, 6) is 0. The molecule has 0 amide bonds. The van der Waals surface area contributed by atoms with Gasteiger partial charge in [-0.15, -0.1) is 0 Å².